The molecule has 0 unspecified atom stereocenters. The number of fused-ring (bicyclic) bond motifs is 1. The van der Waals surface area contributed by atoms with Gasteiger partial charge in [-0.2, -0.15) is 0 Å². The fourth-order valence-electron chi connectivity index (χ4n) is 3.37. The molecular formula is C26H24FNO4S. The molecule has 0 aliphatic carbocycles. The summed E-state index contributed by atoms with van der Waals surface area (Å²) in [5.74, 6) is 0.596. The first-order valence-corrected chi connectivity index (χ1v) is 11.5. The second-order valence-corrected chi connectivity index (χ2v) is 8.43. The van der Waals surface area contributed by atoms with Crippen LogP contribution in [-0.2, 0) is 0 Å². The Kier molecular flexibility index (Phi) is 7.22. The van der Waals surface area contributed by atoms with Crippen LogP contribution in [0.4, 0.5) is 4.39 Å². The van der Waals surface area contributed by atoms with E-state index in [0.717, 1.165) is 36.6 Å². The lowest BCUT2D eigenvalue weighted by molar-refractivity contribution is 0.103. The summed E-state index contributed by atoms with van der Waals surface area (Å²) in [5, 5.41) is 13.8. The van der Waals surface area contributed by atoms with Gasteiger partial charge in [-0.3, -0.25) is 4.79 Å². The summed E-state index contributed by atoms with van der Waals surface area (Å²) in [6, 6.07) is 17.8. The summed E-state index contributed by atoms with van der Waals surface area (Å²) in [4.78, 5) is 13.5. The molecule has 0 amide bonds. The summed E-state index contributed by atoms with van der Waals surface area (Å²) in [5.41, 5.74) is -0.0283. The van der Waals surface area contributed by atoms with Crippen molar-refractivity contribution in [3.63, 3.8) is 0 Å². The highest BCUT2D eigenvalue weighted by Crippen LogP contribution is 2.43. The number of benzene rings is 3. The van der Waals surface area contributed by atoms with Gasteiger partial charge in [0.25, 0.3) is 0 Å². The molecule has 0 saturated carbocycles. The van der Waals surface area contributed by atoms with Crippen molar-refractivity contribution >= 4 is 27.2 Å². The third-order valence-electron chi connectivity index (χ3n) is 5.01. The van der Waals surface area contributed by atoms with E-state index in [9.17, 15) is 14.3 Å². The molecule has 4 rings (SSSR count). The minimum absolute atomic E-state index is 0.0283. The topological polar surface area (TPSA) is 67.8 Å². The van der Waals surface area contributed by atoms with E-state index in [1.54, 1.807) is 42.5 Å². The fourth-order valence-corrected chi connectivity index (χ4v) is 4.48. The molecule has 4 aromatic rings. The molecule has 33 heavy (non-hydrogen) atoms. The molecule has 170 valence electrons. The third kappa shape index (κ3) is 5.32. The zero-order chi connectivity index (χ0) is 23.2. The van der Waals surface area contributed by atoms with Gasteiger partial charge in [0.05, 0.1) is 12.2 Å². The van der Waals surface area contributed by atoms with Crippen molar-refractivity contribution in [2.75, 3.05) is 19.7 Å². The molecule has 1 aromatic heterocycles. The summed E-state index contributed by atoms with van der Waals surface area (Å²) in [7, 11) is 0. The minimum atomic E-state index is -0.593. The zero-order valence-corrected chi connectivity index (χ0v) is 19.0. The molecule has 0 atom stereocenters. The first kappa shape index (κ1) is 22.8. The van der Waals surface area contributed by atoms with Gasteiger partial charge in [0, 0.05) is 10.1 Å². The quantitative estimate of drug-likeness (QED) is 0.217. The van der Waals surface area contributed by atoms with Crippen molar-refractivity contribution in [1.29, 1.82) is 0 Å². The number of thiophene rings is 1. The van der Waals surface area contributed by atoms with Gasteiger partial charge in [0.2, 0.25) is 5.78 Å². The van der Waals surface area contributed by atoms with E-state index in [-0.39, 0.29) is 16.2 Å². The monoisotopic (exact) mass is 465 g/mol. The SMILES string of the molecule is CCNCCCOc1ccc(Oc2c(C(=O)c3ccccc3F)sc3cc(O)ccc23)cc1. The van der Waals surface area contributed by atoms with Crippen LogP contribution in [0.2, 0.25) is 0 Å². The second-order valence-electron chi connectivity index (χ2n) is 7.38. The van der Waals surface area contributed by atoms with Crippen LogP contribution in [0, 0.1) is 5.82 Å². The van der Waals surface area contributed by atoms with E-state index < -0.39 is 11.6 Å². The van der Waals surface area contributed by atoms with Crippen LogP contribution in [0.25, 0.3) is 10.1 Å². The molecule has 0 saturated heterocycles. The average molecular weight is 466 g/mol. The molecular weight excluding hydrogens is 441 g/mol. The second kappa shape index (κ2) is 10.5. The number of halogens is 1. The van der Waals surface area contributed by atoms with Crippen LogP contribution < -0.4 is 14.8 Å². The number of aromatic hydroxyl groups is 1. The maximum absolute atomic E-state index is 14.3. The van der Waals surface area contributed by atoms with E-state index in [2.05, 4.69) is 12.2 Å². The number of ketones is 1. The predicted molar refractivity (Wildman–Crippen MR) is 128 cm³/mol. The van der Waals surface area contributed by atoms with E-state index in [1.807, 2.05) is 0 Å². The fraction of sp³-hybridized carbons (Fsp3) is 0.192. The molecule has 0 bridgehead atoms. The number of carbonyl (C=O) groups excluding carboxylic acids is 1. The normalized spacial score (nSPS) is 11.0. The Bertz CT molecular complexity index is 1250. The van der Waals surface area contributed by atoms with Crippen LogP contribution in [0.1, 0.15) is 28.6 Å². The predicted octanol–water partition coefficient (Wildman–Crippen LogP) is 6.15. The highest BCUT2D eigenvalue weighted by Gasteiger charge is 2.24. The van der Waals surface area contributed by atoms with Crippen LogP contribution >= 0.6 is 11.3 Å². The van der Waals surface area contributed by atoms with Gasteiger partial charge in [-0.05, 0) is 74.1 Å². The molecule has 0 aliphatic heterocycles. The number of nitrogens with one attached hydrogen (secondary N) is 1. The largest absolute Gasteiger partial charge is 0.508 e. The van der Waals surface area contributed by atoms with Crippen molar-refractivity contribution < 1.29 is 23.8 Å². The molecule has 5 nitrogen and oxygen atoms in total. The number of phenolic OH excluding ortho intramolecular Hbond substituents is 1. The Labute approximate surface area is 195 Å². The molecule has 3 aromatic carbocycles. The molecule has 0 aliphatic rings. The summed E-state index contributed by atoms with van der Waals surface area (Å²) in [6.07, 6.45) is 0.904. The number of carbonyl (C=O) groups is 1. The lowest BCUT2D eigenvalue weighted by Gasteiger charge is -2.10. The van der Waals surface area contributed by atoms with Gasteiger partial charge < -0.3 is 19.9 Å². The summed E-state index contributed by atoms with van der Waals surface area (Å²) in [6.45, 7) is 4.50. The Morgan fingerprint density at radius 2 is 1.82 bits per heavy atom. The van der Waals surface area contributed by atoms with Gasteiger partial charge in [-0.15, -0.1) is 11.3 Å². The zero-order valence-electron chi connectivity index (χ0n) is 18.1. The lowest BCUT2D eigenvalue weighted by Crippen LogP contribution is -2.16. The van der Waals surface area contributed by atoms with Crippen LogP contribution in [-0.4, -0.2) is 30.6 Å². The number of ether oxygens (including phenoxy) is 2. The number of hydrogen-bond donors (Lipinski definition) is 2. The minimum Gasteiger partial charge on any atom is -0.508 e. The smallest absolute Gasteiger partial charge is 0.209 e. The maximum Gasteiger partial charge on any atom is 0.209 e. The van der Waals surface area contributed by atoms with Crippen molar-refractivity contribution in [3.05, 3.63) is 83.0 Å². The summed E-state index contributed by atoms with van der Waals surface area (Å²) < 4.78 is 26.8. The Balaban J connectivity index is 1.60. The van der Waals surface area contributed by atoms with Crippen molar-refractivity contribution in [3.8, 4) is 23.0 Å². The van der Waals surface area contributed by atoms with Gasteiger partial charge >= 0.3 is 0 Å². The van der Waals surface area contributed by atoms with E-state index >= 15 is 0 Å². The number of phenols is 1. The highest BCUT2D eigenvalue weighted by molar-refractivity contribution is 7.21. The van der Waals surface area contributed by atoms with Crippen LogP contribution in [0.5, 0.6) is 23.0 Å². The van der Waals surface area contributed by atoms with Gasteiger partial charge in [0.15, 0.2) is 5.75 Å². The van der Waals surface area contributed by atoms with E-state index in [4.69, 9.17) is 9.47 Å². The average Bonchev–Trinajstić information content (AvgIpc) is 3.17. The van der Waals surface area contributed by atoms with Gasteiger partial charge in [-0.1, -0.05) is 19.1 Å². The summed E-state index contributed by atoms with van der Waals surface area (Å²) >= 11 is 1.16. The highest BCUT2D eigenvalue weighted by atomic mass is 32.1. The Morgan fingerprint density at radius 1 is 1.06 bits per heavy atom. The standard InChI is InChI=1S/C26H24FNO4S/c1-2-28-14-5-15-31-18-9-11-19(12-10-18)32-25-21-13-8-17(29)16-23(21)33-26(25)24(30)20-6-3-4-7-22(20)27/h3-4,6-13,16,28-29H,2,5,14-15H2,1H3. The number of rotatable bonds is 10. The lowest BCUT2D eigenvalue weighted by atomic mass is 10.1. The van der Waals surface area contributed by atoms with Crippen molar-refractivity contribution in [1.82, 2.24) is 5.32 Å². The van der Waals surface area contributed by atoms with Gasteiger partial charge in [-0.25, -0.2) is 4.39 Å². The van der Waals surface area contributed by atoms with Gasteiger partial charge in [0.1, 0.15) is 27.9 Å². The molecule has 2 N–H and O–H groups in total. The Morgan fingerprint density at radius 3 is 2.58 bits per heavy atom. The van der Waals surface area contributed by atoms with E-state index in [1.165, 1.54) is 24.3 Å². The van der Waals surface area contributed by atoms with Crippen LogP contribution in [0.3, 0.4) is 0 Å². The molecule has 0 radical (unpaired) electrons. The third-order valence-corrected chi connectivity index (χ3v) is 6.15. The van der Waals surface area contributed by atoms with Crippen LogP contribution in [0.15, 0.2) is 66.7 Å². The molecule has 1 heterocycles. The molecule has 0 fully saturated rings. The first-order valence-electron chi connectivity index (χ1n) is 10.7. The van der Waals surface area contributed by atoms with Crippen molar-refractivity contribution in [2.45, 2.75) is 13.3 Å². The van der Waals surface area contributed by atoms with E-state index in [0.29, 0.717) is 28.2 Å². The first-order chi connectivity index (χ1) is 16.1. The molecule has 7 heteroatoms. The molecule has 0 spiro atoms. The number of hydrogen-bond acceptors (Lipinski definition) is 6. The van der Waals surface area contributed by atoms with Crippen molar-refractivity contribution in [2.24, 2.45) is 0 Å². The maximum atomic E-state index is 14.3. The Hall–Kier alpha value is -3.42.